The van der Waals surface area contributed by atoms with Gasteiger partial charge in [0.25, 0.3) is 0 Å². The molecule has 0 bridgehead atoms. The largest absolute Gasteiger partial charge is 0.389 e. The fraction of sp³-hybridized carbons (Fsp3) is 0.625. The van der Waals surface area contributed by atoms with Crippen molar-refractivity contribution in [2.75, 3.05) is 19.8 Å². The van der Waals surface area contributed by atoms with Gasteiger partial charge < -0.3 is 15.2 Å². The Morgan fingerprint density at radius 1 is 1.40 bits per heavy atom. The maximum atomic E-state index is 13.5. The Kier molecular flexibility index (Phi) is 7.73. The highest BCUT2D eigenvalue weighted by Crippen LogP contribution is 2.16. The third kappa shape index (κ3) is 5.99. The van der Waals surface area contributed by atoms with Crippen molar-refractivity contribution in [1.82, 2.24) is 5.32 Å². The Bertz CT molecular complexity index is 398. The monoisotopic (exact) mass is 283 g/mol. The van der Waals surface area contributed by atoms with Gasteiger partial charge in [0, 0.05) is 19.2 Å². The molecule has 0 aliphatic rings. The molecule has 0 saturated heterocycles. The summed E-state index contributed by atoms with van der Waals surface area (Å²) in [5, 5.41) is 13.0. The third-order valence-corrected chi connectivity index (χ3v) is 3.31. The average Bonchev–Trinajstić information content (AvgIpc) is 2.44. The second kappa shape index (κ2) is 9.06. The molecule has 0 amide bonds. The summed E-state index contributed by atoms with van der Waals surface area (Å²) < 4.78 is 18.8. The number of halogens is 1. The zero-order valence-electron chi connectivity index (χ0n) is 12.7. The van der Waals surface area contributed by atoms with Gasteiger partial charge in [-0.25, -0.2) is 4.39 Å². The number of unbranched alkanes of at least 4 members (excludes halogenated alkanes) is 1. The second-order valence-corrected chi connectivity index (χ2v) is 5.22. The lowest BCUT2D eigenvalue weighted by atomic mass is 10.1. The van der Waals surface area contributed by atoms with Crippen LogP contribution in [-0.2, 0) is 4.74 Å². The quantitative estimate of drug-likeness (QED) is 0.685. The predicted octanol–water partition coefficient (Wildman–Crippen LogP) is 2.96. The molecular weight excluding hydrogens is 257 g/mol. The van der Waals surface area contributed by atoms with E-state index in [0.717, 1.165) is 18.4 Å². The maximum Gasteiger partial charge on any atom is 0.126 e. The molecule has 2 unspecified atom stereocenters. The molecule has 0 heterocycles. The van der Waals surface area contributed by atoms with E-state index < -0.39 is 6.10 Å². The molecule has 20 heavy (non-hydrogen) atoms. The van der Waals surface area contributed by atoms with Crippen LogP contribution in [-0.4, -0.2) is 31.0 Å². The van der Waals surface area contributed by atoms with Crippen molar-refractivity contribution in [2.24, 2.45) is 0 Å². The van der Waals surface area contributed by atoms with Gasteiger partial charge in [0.15, 0.2) is 0 Å². The zero-order chi connectivity index (χ0) is 15.0. The molecular formula is C16H26FNO2. The number of aryl methyl sites for hydroxylation is 1. The molecule has 2 atom stereocenters. The molecule has 0 fully saturated rings. The van der Waals surface area contributed by atoms with E-state index in [1.807, 2.05) is 13.0 Å². The normalized spacial score (nSPS) is 14.2. The van der Waals surface area contributed by atoms with Crippen molar-refractivity contribution >= 4 is 0 Å². The maximum absolute atomic E-state index is 13.5. The highest BCUT2D eigenvalue weighted by atomic mass is 19.1. The standard InChI is InChI=1S/C16H26FNO2/c1-4-5-8-20-11-15(19)10-18-13(3)14-7-6-12(2)16(17)9-14/h6-7,9,13,15,18-19H,4-5,8,10-11H2,1-3H3. The fourth-order valence-electron chi connectivity index (χ4n) is 1.83. The van der Waals surface area contributed by atoms with Gasteiger partial charge >= 0.3 is 0 Å². The summed E-state index contributed by atoms with van der Waals surface area (Å²) in [7, 11) is 0. The highest BCUT2D eigenvalue weighted by Gasteiger charge is 2.10. The van der Waals surface area contributed by atoms with Gasteiger partial charge in [0.05, 0.1) is 12.7 Å². The van der Waals surface area contributed by atoms with E-state index in [9.17, 15) is 9.50 Å². The SMILES string of the molecule is CCCCOCC(O)CNC(C)c1ccc(C)c(F)c1. The number of rotatable bonds is 9. The number of nitrogens with one attached hydrogen (secondary N) is 1. The Labute approximate surface area is 121 Å². The van der Waals surface area contributed by atoms with Gasteiger partial charge in [0.2, 0.25) is 0 Å². The number of aliphatic hydroxyl groups is 1. The summed E-state index contributed by atoms with van der Waals surface area (Å²) in [6.45, 7) is 7.25. The van der Waals surface area contributed by atoms with E-state index in [1.165, 1.54) is 6.07 Å². The lowest BCUT2D eigenvalue weighted by molar-refractivity contribution is 0.0348. The Balaban J connectivity index is 2.31. The van der Waals surface area contributed by atoms with Crippen molar-refractivity contribution in [3.63, 3.8) is 0 Å². The van der Waals surface area contributed by atoms with Crippen LogP contribution in [0, 0.1) is 12.7 Å². The van der Waals surface area contributed by atoms with Gasteiger partial charge in [-0.1, -0.05) is 25.5 Å². The molecule has 0 spiro atoms. The third-order valence-electron chi connectivity index (χ3n) is 3.31. The molecule has 114 valence electrons. The van der Waals surface area contributed by atoms with E-state index in [2.05, 4.69) is 12.2 Å². The summed E-state index contributed by atoms with van der Waals surface area (Å²) in [5.41, 5.74) is 1.53. The van der Waals surface area contributed by atoms with E-state index in [0.29, 0.717) is 25.3 Å². The van der Waals surface area contributed by atoms with Gasteiger partial charge in [-0.2, -0.15) is 0 Å². The van der Waals surface area contributed by atoms with Crippen molar-refractivity contribution in [3.05, 3.63) is 35.1 Å². The molecule has 4 heteroatoms. The minimum absolute atomic E-state index is 0.00427. The van der Waals surface area contributed by atoms with Gasteiger partial charge in [-0.3, -0.25) is 0 Å². The van der Waals surface area contributed by atoms with Crippen LogP contribution in [0.3, 0.4) is 0 Å². The van der Waals surface area contributed by atoms with Crippen molar-refractivity contribution in [2.45, 2.75) is 45.8 Å². The molecule has 1 rings (SSSR count). The van der Waals surface area contributed by atoms with Crippen molar-refractivity contribution < 1.29 is 14.2 Å². The predicted molar refractivity (Wildman–Crippen MR) is 79.3 cm³/mol. The minimum atomic E-state index is -0.537. The van der Waals surface area contributed by atoms with E-state index in [4.69, 9.17) is 4.74 Å². The average molecular weight is 283 g/mol. The topological polar surface area (TPSA) is 41.5 Å². The summed E-state index contributed by atoms with van der Waals surface area (Å²) >= 11 is 0. The minimum Gasteiger partial charge on any atom is -0.389 e. The van der Waals surface area contributed by atoms with Crippen LogP contribution in [0.2, 0.25) is 0 Å². The van der Waals surface area contributed by atoms with E-state index >= 15 is 0 Å². The van der Waals surface area contributed by atoms with Crippen LogP contribution in [0.4, 0.5) is 4.39 Å². The van der Waals surface area contributed by atoms with Crippen molar-refractivity contribution in [1.29, 1.82) is 0 Å². The summed E-state index contributed by atoms with van der Waals surface area (Å²) in [6, 6.07) is 5.21. The number of ether oxygens (including phenoxy) is 1. The molecule has 1 aromatic rings. The number of aliphatic hydroxyl groups excluding tert-OH is 1. The molecule has 0 saturated carbocycles. The first kappa shape index (κ1) is 17.1. The van der Waals surface area contributed by atoms with E-state index in [-0.39, 0.29) is 11.9 Å². The van der Waals surface area contributed by atoms with Crippen LogP contribution in [0.1, 0.15) is 43.9 Å². The second-order valence-electron chi connectivity index (χ2n) is 5.22. The van der Waals surface area contributed by atoms with Crippen LogP contribution in [0.5, 0.6) is 0 Å². The molecule has 2 N–H and O–H groups in total. The molecule has 0 aliphatic carbocycles. The van der Waals surface area contributed by atoms with Gasteiger partial charge in [-0.15, -0.1) is 0 Å². The first-order valence-electron chi connectivity index (χ1n) is 7.29. The zero-order valence-corrected chi connectivity index (χ0v) is 12.7. The van der Waals surface area contributed by atoms with Crippen molar-refractivity contribution in [3.8, 4) is 0 Å². The summed E-state index contributed by atoms with van der Waals surface area (Å²) in [4.78, 5) is 0. The summed E-state index contributed by atoms with van der Waals surface area (Å²) in [5.74, 6) is -0.195. The lowest BCUT2D eigenvalue weighted by Crippen LogP contribution is -2.32. The Hall–Kier alpha value is -0.970. The molecule has 0 aromatic heterocycles. The number of benzene rings is 1. The lowest BCUT2D eigenvalue weighted by Gasteiger charge is -2.18. The molecule has 3 nitrogen and oxygen atoms in total. The van der Waals surface area contributed by atoms with Crippen LogP contribution >= 0.6 is 0 Å². The van der Waals surface area contributed by atoms with Gasteiger partial charge in [0.1, 0.15) is 5.82 Å². The number of hydrogen-bond donors (Lipinski definition) is 2. The summed E-state index contributed by atoms with van der Waals surface area (Å²) in [6.07, 6.45) is 1.56. The first-order chi connectivity index (χ1) is 9.54. The van der Waals surface area contributed by atoms with Crippen LogP contribution < -0.4 is 5.32 Å². The van der Waals surface area contributed by atoms with Crippen LogP contribution in [0.15, 0.2) is 18.2 Å². The van der Waals surface area contributed by atoms with E-state index in [1.54, 1.807) is 13.0 Å². The molecule has 0 radical (unpaired) electrons. The first-order valence-corrected chi connectivity index (χ1v) is 7.29. The highest BCUT2D eigenvalue weighted by molar-refractivity contribution is 5.25. The Morgan fingerprint density at radius 2 is 2.15 bits per heavy atom. The van der Waals surface area contributed by atoms with Crippen LogP contribution in [0.25, 0.3) is 0 Å². The Morgan fingerprint density at radius 3 is 2.80 bits per heavy atom. The molecule has 0 aliphatic heterocycles. The fourth-order valence-corrected chi connectivity index (χ4v) is 1.83. The van der Waals surface area contributed by atoms with Gasteiger partial charge in [-0.05, 0) is 37.5 Å². The number of hydrogen-bond acceptors (Lipinski definition) is 3. The smallest absolute Gasteiger partial charge is 0.126 e. The molecule has 1 aromatic carbocycles.